The van der Waals surface area contributed by atoms with Crippen molar-refractivity contribution >= 4 is 11.6 Å². The molecule has 2 nitrogen and oxygen atoms in total. The monoisotopic (exact) mass is 277 g/mol. The van der Waals surface area contributed by atoms with Gasteiger partial charge in [-0.05, 0) is 12.8 Å². The van der Waals surface area contributed by atoms with Crippen molar-refractivity contribution in [2.45, 2.75) is 26.2 Å². The Morgan fingerprint density at radius 2 is 2.13 bits per heavy atom. The molecule has 77 valence electrons. The fourth-order valence-electron chi connectivity index (χ4n) is 1.74. The van der Waals surface area contributed by atoms with Gasteiger partial charge in [0.2, 0.25) is 5.91 Å². The van der Waals surface area contributed by atoms with Gasteiger partial charge in [0.15, 0.2) is 0 Å². The molecule has 0 saturated carbocycles. The Hall–Kier alpha value is -0.206. The van der Waals surface area contributed by atoms with Crippen LogP contribution in [-0.2, 0) is 37.5 Å². The first-order valence-electron chi connectivity index (χ1n) is 5.06. The molecule has 1 aromatic rings. The number of nitrogens with zero attached hydrogens (tertiary/aromatic N) is 1. The molecule has 0 spiro atoms. The number of aryl methyl sites for hydroxylation is 1. The van der Waals surface area contributed by atoms with E-state index < -0.39 is 0 Å². The van der Waals surface area contributed by atoms with Gasteiger partial charge in [-0.15, -0.1) is 6.07 Å². The van der Waals surface area contributed by atoms with E-state index in [1.54, 1.807) is 0 Å². The molecule has 15 heavy (non-hydrogen) atoms. The van der Waals surface area contributed by atoms with Gasteiger partial charge in [0.25, 0.3) is 0 Å². The molecule has 0 atom stereocenters. The third-order valence-corrected chi connectivity index (χ3v) is 2.59. The van der Waals surface area contributed by atoms with Crippen LogP contribution in [0.5, 0.6) is 0 Å². The Labute approximate surface area is 116 Å². The van der Waals surface area contributed by atoms with Crippen LogP contribution < -0.4 is 4.90 Å². The zero-order valence-electron chi connectivity index (χ0n) is 8.99. The molecule has 1 fully saturated rings. The van der Waals surface area contributed by atoms with Crippen LogP contribution in [0.2, 0.25) is 0 Å². The first-order chi connectivity index (χ1) is 6.77. The second kappa shape index (κ2) is 5.76. The Bertz CT molecular complexity index is 334. The third-order valence-electron chi connectivity index (χ3n) is 2.59. The van der Waals surface area contributed by atoms with Gasteiger partial charge in [0.05, 0.1) is 0 Å². The van der Waals surface area contributed by atoms with Crippen LogP contribution >= 0.6 is 0 Å². The SMILES string of the molecule is Cc1[c-]cc(N2CCCCC2=O)cc1.[Y]. The fraction of sp³-hybridized carbons (Fsp3) is 0.417. The molecule has 1 amide bonds. The second-order valence-electron chi connectivity index (χ2n) is 3.73. The van der Waals surface area contributed by atoms with E-state index in [0.717, 1.165) is 30.6 Å². The molecule has 1 aromatic carbocycles. The van der Waals surface area contributed by atoms with Crippen LogP contribution in [0.25, 0.3) is 0 Å². The smallest absolute Gasteiger partial charge is 0.216 e. The number of carbonyl (C=O) groups is 1. The van der Waals surface area contributed by atoms with E-state index in [9.17, 15) is 4.79 Å². The Morgan fingerprint density at radius 1 is 1.33 bits per heavy atom. The fourth-order valence-corrected chi connectivity index (χ4v) is 1.74. The summed E-state index contributed by atoms with van der Waals surface area (Å²) in [5, 5.41) is 0. The van der Waals surface area contributed by atoms with E-state index in [1.807, 2.05) is 30.0 Å². The van der Waals surface area contributed by atoms with Gasteiger partial charge in [-0.1, -0.05) is 12.6 Å². The van der Waals surface area contributed by atoms with E-state index in [0.29, 0.717) is 6.42 Å². The molecule has 0 aromatic heterocycles. The van der Waals surface area contributed by atoms with Crippen LogP contribution in [0.1, 0.15) is 24.8 Å². The summed E-state index contributed by atoms with van der Waals surface area (Å²) >= 11 is 0. The van der Waals surface area contributed by atoms with Gasteiger partial charge in [-0.25, -0.2) is 0 Å². The molecule has 1 saturated heterocycles. The minimum Gasteiger partial charge on any atom is -0.366 e. The molecule has 0 unspecified atom stereocenters. The maximum absolute atomic E-state index is 11.6. The maximum atomic E-state index is 11.6. The first kappa shape index (κ1) is 12.9. The van der Waals surface area contributed by atoms with Gasteiger partial charge < -0.3 is 4.90 Å². The van der Waals surface area contributed by atoms with Gasteiger partial charge in [0.1, 0.15) is 0 Å². The predicted octanol–water partition coefficient (Wildman–Crippen LogP) is 2.31. The largest absolute Gasteiger partial charge is 0.366 e. The minimum atomic E-state index is 0. The number of piperidine rings is 1. The number of benzene rings is 1. The van der Waals surface area contributed by atoms with Crippen molar-refractivity contribution in [3.63, 3.8) is 0 Å². The number of rotatable bonds is 1. The van der Waals surface area contributed by atoms with Crippen LogP contribution in [0, 0.1) is 13.0 Å². The van der Waals surface area contributed by atoms with Crippen molar-refractivity contribution in [2.75, 3.05) is 11.4 Å². The summed E-state index contributed by atoms with van der Waals surface area (Å²) in [6.07, 6.45) is 2.83. The van der Waals surface area contributed by atoms with Gasteiger partial charge >= 0.3 is 0 Å². The molecule has 3 heteroatoms. The summed E-state index contributed by atoms with van der Waals surface area (Å²) in [6.45, 7) is 2.86. The van der Waals surface area contributed by atoms with Crippen molar-refractivity contribution in [3.05, 3.63) is 29.8 Å². The second-order valence-corrected chi connectivity index (χ2v) is 3.73. The number of amides is 1. The summed E-state index contributed by atoms with van der Waals surface area (Å²) in [5.41, 5.74) is 2.10. The van der Waals surface area contributed by atoms with E-state index in [4.69, 9.17) is 0 Å². The third kappa shape index (κ3) is 3.12. The van der Waals surface area contributed by atoms with Crippen molar-refractivity contribution in [1.29, 1.82) is 0 Å². The number of carbonyl (C=O) groups excluding carboxylic acids is 1. The molecule has 2 rings (SSSR count). The van der Waals surface area contributed by atoms with Gasteiger partial charge in [0, 0.05) is 45.7 Å². The molecule has 1 radical (unpaired) electrons. The van der Waals surface area contributed by atoms with E-state index in [1.165, 1.54) is 0 Å². The standard InChI is InChI=1S/C12H14NO.Y/c1-10-5-7-11(8-6-10)13-9-3-2-4-12(13)14;/h5,7-8H,2-4,9H2,1H3;/q-1;. The Kier molecular flexibility index (Phi) is 4.94. The molecule has 1 aliphatic heterocycles. The topological polar surface area (TPSA) is 20.3 Å². The number of hydrogen-bond acceptors (Lipinski definition) is 1. The van der Waals surface area contributed by atoms with Crippen molar-refractivity contribution in [3.8, 4) is 0 Å². The van der Waals surface area contributed by atoms with Crippen molar-refractivity contribution in [1.82, 2.24) is 0 Å². The predicted molar refractivity (Wildman–Crippen MR) is 56.2 cm³/mol. The zero-order valence-corrected chi connectivity index (χ0v) is 11.8. The average molecular weight is 277 g/mol. The summed E-state index contributed by atoms with van der Waals surface area (Å²) in [6, 6.07) is 9.02. The van der Waals surface area contributed by atoms with Crippen LogP contribution in [0.4, 0.5) is 5.69 Å². The van der Waals surface area contributed by atoms with E-state index in [-0.39, 0.29) is 38.6 Å². The number of hydrogen-bond donors (Lipinski definition) is 0. The summed E-state index contributed by atoms with van der Waals surface area (Å²) in [7, 11) is 0. The summed E-state index contributed by atoms with van der Waals surface area (Å²) in [4.78, 5) is 13.5. The average Bonchev–Trinajstić information content (AvgIpc) is 2.20. The number of anilines is 1. The van der Waals surface area contributed by atoms with E-state index in [2.05, 4.69) is 6.07 Å². The van der Waals surface area contributed by atoms with Crippen LogP contribution in [0.3, 0.4) is 0 Å². The zero-order chi connectivity index (χ0) is 9.97. The Balaban J connectivity index is 0.00000112. The van der Waals surface area contributed by atoms with E-state index >= 15 is 0 Å². The van der Waals surface area contributed by atoms with Gasteiger partial charge in [-0.3, -0.25) is 4.79 Å². The van der Waals surface area contributed by atoms with Gasteiger partial charge in [-0.2, -0.15) is 23.8 Å². The summed E-state index contributed by atoms with van der Waals surface area (Å²) < 4.78 is 0. The van der Waals surface area contributed by atoms with Crippen LogP contribution in [0.15, 0.2) is 18.2 Å². The maximum Gasteiger partial charge on any atom is 0.216 e. The van der Waals surface area contributed by atoms with Crippen molar-refractivity contribution < 1.29 is 37.5 Å². The normalized spacial score (nSPS) is 16.1. The van der Waals surface area contributed by atoms with Crippen molar-refractivity contribution in [2.24, 2.45) is 0 Å². The molecular weight excluding hydrogens is 263 g/mol. The Morgan fingerprint density at radius 3 is 2.73 bits per heavy atom. The molecule has 0 bridgehead atoms. The molecule has 0 aliphatic carbocycles. The molecule has 0 N–H and O–H groups in total. The molecule has 1 aliphatic rings. The minimum absolute atomic E-state index is 0. The first-order valence-corrected chi connectivity index (χ1v) is 5.06. The molecule has 1 heterocycles. The summed E-state index contributed by atoms with van der Waals surface area (Å²) in [5.74, 6) is 0.244. The van der Waals surface area contributed by atoms with Crippen LogP contribution in [-0.4, -0.2) is 12.5 Å². The molecular formula is C12H14NOY-. The quantitative estimate of drug-likeness (QED) is 0.721.